The SMILES string of the molecule is COc1ccc2c(c1)CC=C2C(=O)N(C)OC. The van der Waals surface area contributed by atoms with E-state index in [1.165, 1.54) is 12.2 Å². The molecule has 1 aliphatic carbocycles. The fourth-order valence-corrected chi connectivity index (χ4v) is 1.91. The maximum Gasteiger partial charge on any atom is 0.277 e. The van der Waals surface area contributed by atoms with Gasteiger partial charge in [-0.1, -0.05) is 12.1 Å². The molecule has 0 unspecified atom stereocenters. The third-order valence-corrected chi connectivity index (χ3v) is 2.92. The van der Waals surface area contributed by atoms with Gasteiger partial charge in [-0.15, -0.1) is 0 Å². The van der Waals surface area contributed by atoms with Crippen LogP contribution in [0.15, 0.2) is 24.3 Å². The van der Waals surface area contributed by atoms with Crippen molar-refractivity contribution in [2.75, 3.05) is 21.3 Å². The van der Waals surface area contributed by atoms with Crippen molar-refractivity contribution in [1.29, 1.82) is 0 Å². The van der Waals surface area contributed by atoms with Gasteiger partial charge in [0.15, 0.2) is 0 Å². The first-order chi connectivity index (χ1) is 8.17. The summed E-state index contributed by atoms with van der Waals surface area (Å²) < 4.78 is 5.16. The van der Waals surface area contributed by atoms with Crippen LogP contribution in [0.1, 0.15) is 11.1 Å². The molecule has 2 rings (SSSR count). The molecule has 4 heteroatoms. The molecule has 0 spiro atoms. The number of hydrogen-bond donors (Lipinski definition) is 0. The van der Waals surface area contributed by atoms with E-state index in [-0.39, 0.29) is 5.91 Å². The van der Waals surface area contributed by atoms with E-state index in [1.54, 1.807) is 14.2 Å². The van der Waals surface area contributed by atoms with Crippen LogP contribution in [0.3, 0.4) is 0 Å². The van der Waals surface area contributed by atoms with Gasteiger partial charge in [-0.05, 0) is 29.7 Å². The molecule has 0 heterocycles. The molecule has 1 aromatic rings. The number of fused-ring (bicyclic) bond motifs is 1. The second-order valence-corrected chi connectivity index (χ2v) is 3.83. The number of hydrogen-bond acceptors (Lipinski definition) is 3. The standard InChI is InChI=1S/C13H15NO3/c1-14(17-3)13(15)12-6-4-9-8-10(16-2)5-7-11(9)12/h5-8H,4H2,1-3H3. The van der Waals surface area contributed by atoms with Gasteiger partial charge in [-0.2, -0.15) is 0 Å². The Kier molecular flexibility index (Phi) is 3.15. The summed E-state index contributed by atoms with van der Waals surface area (Å²) in [5.74, 6) is 0.683. The monoisotopic (exact) mass is 233 g/mol. The highest BCUT2D eigenvalue weighted by Gasteiger charge is 2.23. The highest BCUT2D eigenvalue weighted by atomic mass is 16.7. The fraction of sp³-hybridized carbons (Fsp3) is 0.308. The van der Waals surface area contributed by atoms with Crippen LogP contribution < -0.4 is 4.74 Å². The Morgan fingerprint density at radius 2 is 2.12 bits per heavy atom. The van der Waals surface area contributed by atoms with Gasteiger partial charge in [0, 0.05) is 12.6 Å². The minimum atomic E-state index is -0.128. The number of carbonyl (C=O) groups is 1. The molecule has 1 aliphatic rings. The van der Waals surface area contributed by atoms with E-state index in [2.05, 4.69) is 0 Å². The normalized spacial score (nSPS) is 13.0. The number of ether oxygens (including phenoxy) is 1. The summed E-state index contributed by atoms with van der Waals surface area (Å²) in [4.78, 5) is 16.9. The first-order valence-electron chi connectivity index (χ1n) is 5.37. The van der Waals surface area contributed by atoms with Crippen molar-refractivity contribution in [3.8, 4) is 5.75 Å². The number of methoxy groups -OCH3 is 1. The smallest absolute Gasteiger partial charge is 0.277 e. The predicted molar refractivity (Wildman–Crippen MR) is 64.5 cm³/mol. The Hall–Kier alpha value is -1.81. The van der Waals surface area contributed by atoms with Crippen molar-refractivity contribution < 1.29 is 14.4 Å². The summed E-state index contributed by atoms with van der Waals surface area (Å²) in [6.07, 6.45) is 2.67. The second-order valence-electron chi connectivity index (χ2n) is 3.83. The lowest BCUT2D eigenvalue weighted by Crippen LogP contribution is -2.25. The molecule has 90 valence electrons. The number of carbonyl (C=O) groups excluding carboxylic acids is 1. The lowest BCUT2D eigenvalue weighted by Gasteiger charge is -2.15. The van der Waals surface area contributed by atoms with E-state index in [1.807, 2.05) is 24.3 Å². The Labute approximate surface area is 100 Å². The summed E-state index contributed by atoms with van der Waals surface area (Å²) >= 11 is 0. The Balaban J connectivity index is 2.30. The third-order valence-electron chi connectivity index (χ3n) is 2.92. The van der Waals surface area contributed by atoms with Crippen LogP contribution in [-0.4, -0.2) is 32.2 Å². The Morgan fingerprint density at radius 1 is 1.35 bits per heavy atom. The minimum absolute atomic E-state index is 0.128. The van der Waals surface area contributed by atoms with Gasteiger partial charge >= 0.3 is 0 Å². The molecule has 0 saturated carbocycles. The number of benzene rings is 1. The first-order valence-corrected chi connectivity index (χ1v) is 5.37. The van der Waals surface area contributed by atoms with Gasteiger partial charge in [0.25, 0.3) is 5.91 Å². The highest BCUT2D eigenvalue weighted by Crippen LogP contribution is 2.31. The third kappa shape index (κ3) is 2.03. The number of rotatable bonds is 3. The van der Waals surface area contributed by atoms with Gasteiger partial charge in [0.05, 0.1) is 14.2 Å². The van der Waals surface area contributed by atoms with E-state index in [0.717, 1.165) is 23.3 Å². The molecule has 0 atom stereocenters. The summed E-state index contributed by atoms with van der Waals surface area (Å²) in [7, 11) is 4.71. The Morgan fingerprint density at radius 3 is 2.76 bits per heavy atom. The average Bonchev–Trinajstić information content (AvgIpc) is 2.79. The van der Waals surface area contributed by atoms with Crippen molar-refractivity contribution in [2.45, 2.75) is 6.42 Å². The van der Waals surface area contributed by atoms with Crippen molar-refractivity contribution >= 4 is 11.5 Å². The van der Waals surface area contributed by atoms with E-state index >= 15 is 0 Å². The minimum Gasteiger partial charge on any atom is -0.497 e. The van der Waals surface area contributed by atoms with Crippen LogP contribution in [0.25, 0.3) is 5.57 Å². The molecule has 0 N–H and O–H groups in total. The number of nitrogens with zero attached hydrogens (tertiary/aromatic N) is 1. The molecule has 0 radical (unpaired) electrons. The number of allylic oxidation sites excluding steroid dienone is 1. The summed E-state index contributed by atoms with van der Waals surface area (Å²) in [5.41, 5.74) is 2.75. The van der Waals surface area contributed by atoms with Crippen molar-refractivity contribution in [3.63, 3.8) is 0 Å². The van der Waals surface area contributed by atoms with Gasteiger partial charge in [0.2, 0.25) is 0 Å². The van der Waals surface area contributed by atoms with Gasteiger partial charge in [-0.25, -0.2) is 5.06 Å². The molecular formula is C13H15NO3. The van der Waals surface area contributed by atoms with Crippen molar-refractivity contribution in [3.05, 3.63) is 35.4 Å². The second kappa shape index (κ2) is 4.59. The molecule has 0 aromatic heterocycles. The van der Waals surface area contributed by atoms with E-state index in [9.17, 15) is 4.79 Å². The van der Waals surface area contributed by atoms with Crippen LogP contribution >= 0.6 is 0 Å². The molecule has 1 amide bonds. The Bertz CT molecular complexity index is 480. The topological polar surface area (TPSA) is 38.8 Å². The van der Waals surface area contributed by atoms with E-state index in [0.29, 0.717) is 5.57 Å². The summed E-state index contributed by atoms with van der Waals surface area (Å²) in [5, 5.41) is 1.23. The largest absolute Gasteiger partial charge is 0.497 e. The number of amides is 1. The van der Waals surface area contributed by atoms with Crippen LogP contribution in [0.5, 0.6) is 5.75 Å². The molecule has 0 saturated heterocycles. The zero-order valence-corrected chi connectivity index (χ0v) is 10.2. The van der Waals surface area contributed by atoms with Gasteiger partial charge < -0.3 is 4.74 Å². The summed E-state index contributed by atoms with van der Waals surface area (Å²) in [6.45, 7) is 0. The average molecular weight is 233 g/mol. The molecular weight excluding hydrogens is 218 g/mol. The molecule has 0 bridgehead atoms. The van der Waals surface area contributed by atoms with Gasteiger partial charge in [-0.3, -0.25) is 9.63 Å². The highest BCUT2D eigenvalue weighted by molar-refractivity contribution is 6.20. The van der Waals surface area contributed by atoms with Gasteiger partial charge in [0.1, 0.15) is 5.75 Å². The lowest BCUT2D eigenvalue weighted by molar-refractivity contribution is -0.161. The number of likely N-dealkylation sites (N-methyl/N-ethyl adjacent to an activating group) is 1. The number of hydroxylamine groups is 2. The molecule has 0 aliphatic heterocycles. The van der Waals surface area contributed by atoms with Crippen LogP contribution in [0.4, 0.5) is 0 Å². The maximum atomic E-state index is 12.0. The molecule has 1 aromatic carbocycles. The molecule has 0 fully saturated rings. The van der Waals surface area contributed by atoms with E-state index in [4.69, 9.17) is 9.57 Å². The zero-order valence-electron chi connectivity index (χ0n) is 10.2. The predicted octanol–water partition coefficient (Wildman–Crippen LogP) is 1.65. The van der Waals surface area contributed by atoms with Crippen LogP contribution in [0.2, 0.25) is 0 Å². The summed E-state index contributed by atoms with van der Waals surface area (Å²) in [6, 6.07) is 5.73. The molecule has 4 nitrogen and oxygen atoms in total. The lowest BCUT2D eigenvalue weighted by atomic mass is 10.0. The zero-order chi connectivity index (χ0) is 12.4. The molecule has 17 heavy (non-hydrogen) atoms. The van der Waals surface area contributed by atoms with Crippen LogP contribution in [-0.2, 0) is 16.1 Å². The van der Waals surface area contributed by atoms with Crippen molar-refractivity contribution in [2.24, 2.45) is 0 Å². The van der Waals surface area contributed by atoms with Crippen molar-refractivity contribution in [1.82, 2.24) is 5.06 Å². The quantitative estimate of drug-likeness (QED) is 0.745. The van der Waals surface area contributed by atoms with Crippen LogP contribution in [0, 0.1) is 0 Å². The fourth-order valence-electron chi connectivity index (χ4n) is 1.91. The van der Waals surface area contributed by atoms with E-state index < -0.39 is 0 Å². The maximum absolute atomic E-state index is 12.0. The first kappa shape index (κ1) is 11.7.